The van der Waals surface area contributed by atoms with Gasteiger partial charge in [-0.1, -0.05) is 6.07 Å². The highest BCUT2D eigenvalue weighted by molar-refractivity contribution is 7.89. The molecule has 0 radical (unpaired) electrons. The lowest BCUT2D eigenvalue weighted by Gasteiger charge is -2.11. The summed E-state index contributed by atoms with van der Waals surface area (Å²) in [6, 6.07) is 6.67. The van der Waals surface area contributed by atoms with Gasteiger partial charge in [0.05, 0.1) is 12.9 Å². The third-order valence-corrected chi connectivity index (χ3v) is 4.25. The van der Waals surface area contributed by atoms with Crippen molar-refractivity contribution in [1.29, 1.82) is 0 Å². The predicted octanol–water partition coefficient (Wildman–Crippen LogP) is -0.0940. The summed E-state index contributed by atoms with van der Waals surface area (Å²) in [6.07, 6.45) is 0. The number of hydrogen-bond acceptors (Lipinski definition) is 5. The van der Waals surface area contributed by atoms with Crippen LogP contribution in [0, 0.1) is 0 Å². The molecule has 0 saturated carbocycles. The SMILES string of the molecule is COc1cccc(C(=O)NCCS(=O)(=O)NCCN(C)C)c1. The van der Waals surface area contributed by atoms with Crippen LogP contribution in [0.2, 0.25) is 0 Å². The number of amides is 1. The lowest BCUT2D eigenvalue weighted by Crippen LogP contribution is -2.37. The Hall–Kier alpha value is -1.64. The van der Waals surface area contributed by atoms with Crippen LogP contribution in [0.25, 0.3) is 0 Å². The molecule has 1 rings (SSSR count). The molecule has 0 fully saturated rings. The van der Waals surface area contributed by atoms with E-state index in [9.17, 15) is 13.2 Å². The van der Waals surface area contributed by atoms with Crippen molar-refractivity contribution < 1.29 is 17.9 Å². The Morgan fingerprint density at radius 3 is 2.64 bits per heavy atom. The van der Waals surface area contributed by atoms with Crippen molar-refractivity contribution in [3.8, 4) is 5.75 Å². The van der Waals surface area contributed by atoms with Gasteiger partial charge in [0.15, 0.2) is 0 Å². The van der Waals surface area contributed by atoms with E-state index in [0.29, 0.717) is 24.4 Å². The van der Waals surface area contributed by atoms with Crippen molar-refractivity contribution in [2.75, 3.05) is 46.6 Å². The van der Waals surface area contributed by atoms with Crippen molar-refractivity contribution in [1.82, 2.24) is 14.9 Å². The first-order chi connectivity index (χ1) is 10.3. The molecule has 7 nitrogen and oxygen atoms in total. The lowest BCUT2D eigenvalue weighted by atomic mass is 10.2. The fourth-order valence-electron chi connectivity index (χ4n) is 1.66. The molecule has 1 amide bonds. The van der Waals surface area contributed by atoms with Gasteiger partial charge >= 0.3 is 0 Å². The van der Waals surface area contributed by atoms with Crippen molar-refractivity contribution >= 4 is 15.9 Å². The molecule has 124 valence electrons. The summed E-state index contributed by atoms with van der Waals surface area (Å²) < 4.78 is 31.0. The van der Waals surface area contributed by atoms with Gasteiger partial charge in [-0.2, -0.15) is 0 Å². The zero-order valence-electron chi connectivity index (χ0n) is 13.1. The van der Waals surface area contributed by atoms with Gasteiger partial charge < -0.3 is 15.0 Å². The molecule has 22 heavy (non-hydrogen) atoms. The molecule has 0 aliphatic carbocycles. The third-order valence-electron chi connectivity index (χ3n) is 2.87. The van der Waals surface area contributed by atoms with Crippen molar-refractivity contribution in [2.45, 2.75) is 0 Å². The molecule has 0 aliphatic heterocycles. The molecule has 0 heterocycles. The maximum absolute atomic E-state index is 11.9. The molecule has 0 saturated heterocycles. The third kappa shape index (κ3) is 6.88. The van der Waals surface area contributed by atoms with Crippen LogP contribution in [0.4, 0.5) is 0 Å². The number of likely N-dealkylation sites (N-methyl/N-ethyl adjacent to an activating group) is 1. The normalized spacial score (nSPS) is 11.5. The number of carbonyl (C=O) groups is 1. The zero-order chi connectivity index (χ0) is 16.6. The minimum atomic E-state index is -3.38. The van der Waals surface area contributed by atoms with Gasteiger partial charge in [0, 0.05) is 25.2 Å². The minimum absolute atomic E-state index is 0.0489. The van der Waals surface area contributed by atoms with E-state index in [1.165, 1.54) is 7.11 Å². The summed E-state index contributed by atoms with van der Waals surface area (Å²) in [7, 11) is 1.86. The smallest absolute Gasteiger partial charge is 0.251 e. The van der Waals surface area contributed by atoms with E-state index >= 15 is 0 Å². The molecule has 0 aromatic heterocycles. The van der Waals surface area contributed by atoms with E-state index in [1.54, 1.807) is 24.3 Å². The first-order valence-corrected chi connectivity index (χ1v) is 8.53. The summed E-state index contributed by atoms with van der Waals surface area (Å²) in [5.41, 5.74) is 0.428. The minimum Gasteiger partial charge on any atom is -0.497 e. The number of nitrogens with zero attached hydrogens (tertiary/aromatic N) is 1. The summed E-state index contributed by atoms with van der Waals surface area (Å²) in [4.78, 5) is 13.8. The van der Waals surface area contributed by atoms with Gasteiger partial charge in [-0.25, -0.2) is 13.1 Å². The molecule has 0 aliphatic rings. The molecule has 0 unspecified atom stereocenters. The summed E-state index contributed by atoms with van der Waals surface area (Å²) >= 11 is 0. The summed E-state index contributed by atoms with van der Waals surface area (Å²) in [5, 5.41) is 2.58. The maximum Gasteiger partial charge on any atom is 0.251 e. The lowest BCUT2D eigenvalue weighted by molar-refractivity contribution is 0.0956. The van der Waals surface area contributed by atoms with Crippen LogP contribution < -0.4 is 14.8 Å². The van der Waals surface area contributed by atoms with Gasteiger partial charge in [-0.15, -0.1) is 0 Å². The Morgan fingerprint density at radius 2 is 2.00 bits per heavy atom. The Bertz CT molecular complexity index is 588. The standard InChI is InChI=1S/C14H23N3O4S/c1-17(2)9-7-16-22(19,20)10-8-15-14(18)12-5-4-6-13(11-12)21-3/h4-6,11,16H,7-10H2,1-3H3,(H,15,18). The molecule has 1 aromatic carbocycles. The number of sulfonamides is 1. The molecule has 0 atom stereocenters. The predicted molar refractivity (Wildman–Crippen MR) is 85.7 cm³/mol. The van der Waals surface area contributed by atoms with E-state index < -0.39 is 10.0 Å². The van der Waals surface area contributed by atoms with E-state index in [-0.39, 0.29) is 18.2 Å². The fraction of sp³-hybridized carbons (Fsp3) is 0.500. The van der Waals surface area contributed by atoms with E-state index in [1.807, 2.05) is 19.0 Å². The number of hydrogen-bond donors (Lipinski definition) is 2. The van der Waals surface area contributed by atoms with Crippen LogP contribution in [0.15, 0.2) is 24.3 Å². The van der Waals surface area contributed by atoms with Crippen molar-refractivity contribution in [3.05, 3.63) is 29.8 Å². The van der Waals surface area contributed by atoms with Crippen molar-refractivity contribution in [3.63, 3.8) is 0 Å². The van der Waals surface area contributed by atoms with Crippen LogP contribution in [-0.2, 0) is 10.0 Å². The number of nitrogens with one attached hydrogen (secondary N) is 2. The second-order valence-electron chi connectivity index (χ2n) is 5.00. The van der Waals surface area contributed by atoms with E-state index in [2.05, 4.69) is 10.0 Å². The van der Waals surface area contributed by atoms with Crippen LogP contribution in [-0.4, -0.2) is 65.8 Å². The highest BCUT2D eigenvalue weighted by atomic mass is 32.2. The molecule has 0 bridgehead atoms. The Morgan fingerprint density at radius 1 is 1.27 bits per heavy atom. The van der Waals surface area contributed by atoms with Gasteiger partial charge in [-0.05, 0) is 32.3 Å². The fourth-order valence-corrected chi connectivity index (χ4v) is 2.58. The molecule has 1 aromatic rings. The average molecular weight is 329 g/mol. The largest absolute Gasteiger partial charge is 0.497 e. The molecule has 0 spiro atoms. The van der Waals surface area contributed by atoms with Gasteiger partial charge in [0.1, 0.15) is 5.75 Å². The van der Waals surface area contributed by atoms with Gasteiger partial charge in [0.2, 0.25) is 10.0 Å². The number of carbonyl (C=O) groups excluding carboxylic acids is 1. The highest BCUT2D eigenvalue weighted by Crippen LogP contribution is 2.12. The number of benzene rings is 1. The van der Waals surface area contributed by atoms with E-state index in [0.717, 1.165) is 0 Å². The van der Waals surface area contributed by atoms with Crippen LogP contribution >= 0.6 is 0 Å². The first kappa shape index (κ1) is 18.4. The second-order valence-corrected chi connectivity index (χ2v) is 6.93. The molecule has 8 heteroatoms. The molecular formula is C14H23N3O4S. The number of rotatable bonds is 9. The first-order valence-electron chi connectivity index (χ1n) is 6.88. The molecule has 2 N–H and O–H groups in total. The number of methoxy groups -OCH3 is 1. The van der Waals surface area contributed by atoms with Gasteiger partial charge in [0.25, 0.3) is 5.91 Å². The van der Waals surface area contributed by atoms with Crippen molar-refractivity contribution in [2.24, 2.45) is 0 Å². The summed E-state index contributed by atoms with van der Waals surface area (Å²) in [6.45, 7) is 1.02. The van der Waals surface area contributed by atoms with Crippen LogP contribution in [0.5, 0.6) is 5.75 Å². The average Bonchev–Trinajstić information content (AvgIpc) is 2.46. The highest BCUT2D eigenvalue weighted by Gasteiger charge is 2.11. The summed E-state index contributed by atoms with van der Waals surface area (Å²) in [5.74, 6) is 0.0869. The second kappa shape index (κ2) is 8.72. The monoisotopic (exact) mass is 329 g/mol. The maximum atomic E-state index is 11.9. The van der Waals surface area contributed by atoms with Crippen LogP contribution in [0.1, 0.15) is 10.4 Å². The van der Waals surface area contributed by atoms with Crippen LogP contribution in [0.3, 0.4) is 0 Å². The van der Waals surface area contributed by atoms with E-state index in [4.69, 9.17) is 4.74 Å². The Kier molecular flexibility index (Phi) is 7.30. The quantitative estimate of drug-likeness (QED) is 0.661. The molecular weight excluding hydrogens is 306 g/mol. The van der Waals surface area contributed by atoms with Gasteiger partial charge in [-0.3, -0.25) is 4.79 Å². The zero-order valence-corrected chi connectivity index (χ0v) is 13.9. The Balaban J connectivity index is 2.40. The number of ether oxygens (including phenoxy) is 1. The topological polar surface area (TPSA) is 87.7 Å². The Labute approximate surface area is 131 Å².